The Hall–Kier alpha value is -2.37. The highest BCUT2D eigenvalue weighted by atomic mass is 35.5. The number of carbonyl (C=O) groups is 2. The summed E-state index contributed by atoms with van der Waals surface area (Å²) in [5.74, 6) is 0.477. The van der Waals surface area contributed by atoms with Crippen molar-refractivity contribution >= 4 is 35.6 Å². The lowest BCUT2D eigenvalue weighted by atomic mass is 9.95. The van der Waals surface area contributed by atoms with E-state index in [0.29, 0.717) is 18.9 Å². The van der Waals surface area contributed by atoms with Gasteiger partial charge in [0, 0.05) is 23.8 Å². The van der Waals surface area contributed by atoms with Crippen molar-refractivity contribution in [2.75, 3.05) is 23.3 Å². The van der Waals surface area contributed by atoms with E-state index in [4.69, 9.17) is 5.73 Å². The van der Waals surface area contributed by atoms with Crippen molar-refractivity contribution in [1.82, 2.24) is 0 Å². The molecule has 2 aromatic rings. The van der Waals surface area contributed by atoms with E-state index in [1.165, 1.54) is 5.56 Å². The summed E-state index contributed by atoms with van der Waals surface area (Å²) in [5, 5.41) is 3.01. The smallest absolute Gasteiger partial charge is 0.231 e. The number of nitrogens with one attached hydrogen (secondary N) is 1. The van der Waals surface area contributed by atoms with E-state index in [2.05, 4.69) is 11.4 Å². The first-order chi connectivity index (χ1) is 13.7. The zero-order valence-corrected chi connectivity index (χ0v) is 17.3. The van der Waals surface area contributed by atoms with E-state index in [1.54, 1.807) is 0 Å². The monoisotopic (exact) mass is 413 g/mol. The number of rotatable bonds is 5. The van der Waals surface area contributed by atoms with Gasteiger partial charge in [0.05, 0.1) is 6.42 Å². The lowest BCUT2D eigenvalue weighted by Gasteiger charge is -2.18. The zero-order valence-electron chi connectivity index (χ0n) is 16.5. The molecule has 1 heterocycles. The number of hydrogen-bond acceptors (Lipinski definition) is 3. The topological polar surface area (TPSA) is 75.4 Å². The molecule has 2 amide bonds. The van der Waals surface area contributed by atoms with Crippen molar-refractivity contribution in [2.45, 2.75) is 32.1 Å². The molecule has 1 fully saturated rings. The lowest BCUT2D eigenvalue weighted by molar-refractivity contribution is -0.121. The number of para-hydroxylation sites is 1. The van der Waals surface area contributed by atoms with Crippen LogP contribution in [0.2, 0.25) is 0 Å². The Kier molecular flexibility index (Phi) is 6.93. The fourth-order valence-corrected chi connectivity index (χ4v) is 4.47. The summed E-state index contributed by atoms with van der Waals surface area (Å²) < 4.78 is 0. The van der Waals surface area contributed by atoms with E-state index >= 15 is 0 Å². The van der Waals surface area contributed by atoms with Gasteiger partial charge in [0.2, 0.25) is 11.8 Å². The van der Waals surface area contributed by atoms with Crippen LogP contribution in [-0.4, -0.2) is 24.9 Å². The maximum Gasteiger partial charge on any atom is 0.231 e. The van der Waals surface area contributed by atoms with Crippen molar-refractivity contribution < 1.29 is 9.59 Å². The van der Waals surface area contributed by atoms with Gasteiger partial charge in [-0.05, 0) is 61.1 Å². The molecule has 1 saturated carbocycles. The summed E-state index contributed by atoms with van der Waals surface area (Å²) >= 11 is 0. The molecular weight excluding hydrogens is 386 g/mol. The van der Waals surface area contributed by atoms with E-state index in [1.807, 2.05) is 47.4 Å². The molecule has 2 aromatic carbocycles. The summed E-state index contributed by atoms with van der Waals surface area (Å²) in [5.41, 5.74) is 9.78. The van der Waals surface area contributed by atoms with E-state index in [-0.39, 0.29) is 30.1 Å². The van der Waals surface area contributed by atoms with Crippen LogP contribution in [0.3, 0.4) is 0 Å². The Morgan fingerprint density at radius 1 is 1.07 bits per heavy atom. The number of amides is 2. The predicted molar refractivity (Wildman–Crippen MR) is 118 cm³/mol. The number of fused-ring (bicyclic) bond motifs is 1. The Morgan fingerprint density at radius 3 is 2.59 bits per heavy atom. The molecule has 29 heavy (non-hydrogen) atoms. The molecule has 0 spiro atoms. The normalized spacial score (nSPS) is 20.1. The third-order valence-electron chi connectivity index (χ3n) is 6.06. The van der Waals surface area contributed by atoms with Crippen molar-refractivity contribution in [2.24, 2.45) is 17.6 Å². The number of anilines is 2. The third kappa shape index (κ3) is 4.62. The molecule has 0 unspecified atom stereocenters. The van der Waals surface area contributed by atoms with Gasteiger partial charge in [-0.25, -0.2) is 0 Å². The van der Waals surface area contributed by atoms with Gasteiger partial charge in [-0.15, -0.1) is 12.4 Å². The predicted octanol–water partition coefficient (Wildman–Crippen LogP) is 3.55. The van der Waals surface area contributed by atoms with Gasteiger partial charge in [0.25, 0.3) is 0 Å². The second-order valence-electron chi connectivity index (χ2n) is 7.82. The molecule has 154 valence electrons. The minimum Gasteiger partial charge on any atom is -0.330 e. The van der Waals surface area contributed by atoms with E-state index in [0.717, 1.165) is 49.2 Å². The van der Waals surface area contributed by atoms with Crippen LogP contribution in [0.25, 0.3) is 0 Å². The van der Waals surface area contributed by atoms with Crippen molar-refractivity contribution in [3.63, 3.8) is 0 Å². The van der Waals surface area contributed by atoms with Gasteiger partial charge < -0.3 is 16.0 Å². The summed E-state index contributed by atoms with van der Waals surface area (Å²) in [6.07, 6.45) is 4.30. The number of hydrogen-bond donors (Lipinski definition) is 2. The van der Waals surface area contributed by atoms with Crippen LogP contribution in [0, 0.1) is 11.8 Å². The van der Waals surface area contributed by atoms with Crippen LogP contribution in [0.1, 0.15) is 30.4 Å². The second kappa shape index (κ2) is 9.42. The molecule has 1 aliphatic carbocycles. The average Bonchev–Trinajstić information content (AvgIpc) is 3.36. The molecule has 0 aromatic heterocycles. The van der Waals surface area contributed by atoms with Crippen LogP contribution >= 0.6 is 12.4 Å². The van der Waals surface area contributed by atoms with Crippen LogP contribution in [0.15, 0.2) is 48.5 Å². The van der Waals surface area contributed by atoms with Crippen LogP contribution in [0.5, 0.6) is 0 Å². The first kappa shape index (κ1) is 21.3. The largest absolute Gasteiger partial charge is 0.330 e. The standard InChI is InChI=1S/C23H27N3O2.ClH/c24-15-18-5-3-6-20(18)23(28)25-19-10-8-16(9-11-19)14-22(27)26-13-12-17-4-1-2-7-21(17)26;/h1-2,4,7-11,18,20H,3,5-6,12-15,24H2,(H,25,28);1H/t18-,20-;/m1./s1. The van der Waals surface area contributed by atoms with Gasteiger partial charge in [0.15, 0.2) is 0 Å². The average molecular weight is 414 g/mol. The number of nitrogens with zero attached hydrogens (tertiary/aromatic N) is 1. The number of nitrogens with two attached hydrogens (primary N) is 1. The lowest BCUT2D eigenvalue weighted by Crippen LogP contribution is -2.30. The molecule has 1 aliphatic heterocycles. The van der Waals surface area contributed by atoms with Crippen LogP contribution in [-0.2, 0) is 22.4 Å². The first-order valence-electron chi connectivity index (χ1n) is 10.1. The number of benzene rings is 2. The van der Waals surface area contributed by atoms with Crippen molar-refractivity contribution in [3.8, 4) is 0 Å². The van der Waals surface area contributed by atoms with Gasteiger partial charge >= 0.3 is 0 Å². The Labute approximate surface area is 178 Å². The summed E-state index contributed by atoms with van der Waals surface area (Å²) in [6.45, 7) is 1.31. The van der Waals surface area contributed by atoms with E-state index in [9.17, 15) is 9.59 Å². The highest BCUT2D eigenvalue weighted by Crippen LogP contribution is 2.32. The van der Waals surface area contributed by atoms with Crippen LogP contribution < -0.4 is 16.0 Å². The molecule has 0 bridgehead atoms. The Bertz CT molecular complexity index is 869. The minimum atomic E-state index is 0. The number of halogens is 1. The van der Waals surface area contributed by atoms with Gasteiger partial charge in [-0.1, -0.05) is 36.8 Å². The summed E-state index contributed by atoms with van der Waals surface area (Å²) in [6, 6.07) is 15.7. The SMILES string of the molecule is Cl.NC[C@H]1CCC[C@H]1C(=O)Nc1ccc(CC(=O)N2CCc3ccccc32)cc1. The first-order valence-corrected chi connectivity index (χ1v) is 10.1. The molecule has 2 aliphatic rings. The quantitative estimate of drug-likeness (QED) is 0.786. The fraction of sp³-hybridized carbons (Fsp3) is 0.391. The molecule has 4 rings (SSSR count). The highest BCUT2D eigenvalue weighted by Gasteiger charge is 2.32. The van der Waals surface area contributed by atoms with Crippen molar-refractivity contribution in [1.29, 1.82) is 0 Å². The fourth-order valence-electron chi connectivity index (χ4n) is 4.47. The van der Waals surface area contributed by atoms with Gasteiger partial charge in [-0.2, -0.15) is 0 Å². The van der Waals surface area contributed by atoms with Gasteiger partial charge in [0.1, 0.15) is 0 Å². The third-order valence-corrected chi connectivity index (χ3v) is 6.06. The molecule has 5 nitrogen and oxygen atoms in total. The summed E-state index contributed by atoms with van der Waals surface area (Å²) in [7, 11) is 0. The zero-order chi connectivity index (χ0) is 19.5. The highest BCUT2D eigenvalue weighted by molar-refractivity contribution is 5.97. The van der Waals surface area contributed by atoms with Gasteiger partial charge in [-0.3, -0.25) is 9.59 Å². The van der Waals surface area contributed by atoms with Crippen LogP contribution in [0.4, 0.5) is 11.4 Å². The molecule has 0 saturated heterocycles. The summed E-state index contributed by atoms with van der Waals surface area (Å²) in [4.78, 5) is 27.1. The molecule has 0 radical (unpaired) electrons. The molecule has 2 atom stereocenters. The maximum atomic E-state index is 12.7. The molecule has 6 heteroatoms. The number of carbonyl (C=O) groups excluding carboxylic acids is 2. The second-order valence-corrected chi connectivity index (χ2v) is 7.82. The van der Waals surface area contributed by atoms with E-state index < -0.39 is 0 Å². The van der Waals surface area contributed by atoms with Crippen molar-refractivity contribution in [3.05, 3.63) is 59.7 Å². The minimum absolute atomic E-state index is 0. The molecule has 3 N–H and O–H groups in total. The molecular formula is C23H28ClN3O2. The maximum absolute atomic E-state index is 12.7. The Morgan fingerprint density at radius 2 is 1.83 bits per heavy atom. The Balaban J connectivity index is 0.00000240.